The SMILES string of the molecule is O=C(NC1CCCCC1)N1CCc2onc(COc3cccnc3)c2C1. The summed E-state index contributed by atoms with van der Waals surface area (Å²) in [4.78, 5) is 18.5. The second-order valence-corrected chi connectivity index (χ2v) is 6.96. The van der Waals surface area contributed by atoms with Crippen molar-refractivity contribution >= 4 is 6.03 Å². The van der Waals surface area contributed by atoms with Crippen LogP contribution in [0, 0.1) is 0 Å². The second kappa shape index (κ2) is 7.76. The summed E-state index contributed by atoms with van der Waals surface area (Å²) in [5, 5.41) is 7.33. The molecule has 7 nitrogen and oxygen atoms in total. The fraction of sp³-hybridized carbons (Fsp3) is 0.526. The molecule has 1 fully saturated rings. The molecule has 0 saturated heterocycles. The Morgan fingerprint density at radius 3 is 3.04 bits per heavy atom. The van der Waals surface area contributed by atoms with Crippen molar-refractivity contribution in [2.45, 2.75) is 57.7 Å². The summed E-state index contributed by atoms with van der Waals surface area (Å²) >= 11 is 0. The molecule has 0 spiro atoms. The molecule has 1 saturated carbocycles. The lowest BCUT2D eigenvalue weighted by Gasteiger charge is -2.30. The molecule has 4 rings (SSSR count). The van der Waals surface area contributed by atoms with Gasteiger partial charge in [0.15, 0.2) is 0 Å². The molecule has 0 atom stereocenters. The van der Waals surface area contributed by atoms with E-state index >= 15 is 0 Å². The molecule has 0 aromatic carbocycles. The van der Waals surface area contributed by atoms with Gasteiger partial charge in [0.25, 0.3) is 0 Å². The van der Waals surface area contributed by atoms with Gasteiger partial charge in [-0.3, -0.25) is 4.98 Å². The first kappa shape index (κ1) is 16.9. The highest BCUT2D eigenvalue weighted by Gasteiger charge is 2.28. The minimum absolute atomic E-state index is 0.0166. The number of nitrogens with one attached hydrogen (secondary N) is 1. The molecule has 138 valence electrons. The van der Waals surface area contributed by atoms with Crippen LogP contribution in [0.3, 0.4) is 0 Å². The molecular weight excluding hydrogens is 332 g/mol. The van der Waals surface area contributed by atoms with Gasteiger partial charge in [-0.2, -0.15) is 0 Å². The number of nitrogens with zero attached hydrogens (tertiary/aromatic N) is 3. The lowest BCUT2D eigenvalue weighted by Crippen LogP contribution is -2.47. The van der Waals surface area contributed by atoms with Crippen LogP contribution < -0.4 is 10.1 Å². The molecule has 2 aliphatic rings. The predicted molar refractivity (Wildman–Crippen MR) is 94.6 cm³/mol. The van der Waals surface area contributed by atoms with Gasteiger partial charge in [-0.15, -0.1) is 0 Å². The van der Waals surface area contributed by atoms with Gasteiger partial charge >= 0.3 is 6.03 Å². The Balaban J connectivity index is 1.38. The van der Waals surface area contributed by atoms with Crippen LogP contribution in [0.25, 0.3) is 0 Å². The maximum absolute atomic E-state index is 12.6. The number of pyridine rings is 1. The maximum atomic E-state index is 12.6. The molecular formula is C19H24N4O3. The Bertz CT molecular complexity index is 740. The van der Waals surface area contributed by atoms with E-state index in [4.69, 9.17) is 9.26 Å². The minimum Gasteiger partial charge on any atom is -0.486 e. The molecule has 2 aromatic rings. The Morgan fingerprint density at radius 1 is 1.35 bits per heavy atom. The van der Waals surface area contributed by atoms with E-state index in [9.17, 15) is 4.79 Å². The van der Waals surface area contributed by atoms with Gasteiger partial charge in [0, 0.05) is 30.8 Å². The van der Waals surface area contributed by atoms with Crippen LogP contribution in [0.1, 0.15) is 49.1 Å². The quantitative estimate of drug-likeness (QED) is 0.911. The maximum Gasteiger partial charge on any atom is 0.317 e. The van der Waals surface area contributed by atoms with Crippen molar-refractivity contribution < 1.29 is 14.1 Å². The van der Waals surface area contributed by atoms with Crippen molar-refractivity contribution in [1.29, 1.82) is 0 Å². The van der Waals surface area contributed by atoms with Crippen molar-refractivity contribution in [2.24, 2.45) is 0 Å². The molecule has 26 heavy (non-hydrogen) atoms. The Morgan fingerprint density at radius 2 is 2.23 bits per heavy atom. The van der Waals surface area contributed by atoms with Gasteiger partial charge in [-0.1, -0.05) is 24.4 Å². The first-order valence-corrected chi connectivity index (χ1v) is 9.34. The topological polar surface area (TPSA) is 80.5 Å². The van der Waals surface area contributed by atoms with E-state index in [1.807, 2.05) is 17.0 Å². The predicted octanol–water partition coefficient (Wildman–Crippen LogP) is 3.05. The van der Waals surface area contributed by atoms with Crippen molar-refractivity contribution in [3.05, 3.63) is 41.5 Å². The van der Waals surface area contributed by atoms with Crippen LogP contribution in [0.2, 0.25) is 0 Å². The third kappa shape index (κ3) is 3.81. The van der Waals surface area contributed by atoms with E-state index in [0.717, 1.165) is 29.9 Å². The number of carbonyl (C=O) groups is 1. The van der Waals surface area contributed by atoms with Gasteiger partial charge < -0.3 is 19.5 Å². The lowest BCUT2D eigenvalue weighted by molar-refractivity contribution is 0.181. The molecule has 1 aliphatic carbocycles. The van der Waals surface area contributed by atoms with E-state index in [1.165, 1.54) is 19.3 Å². The molecule has 0 unspecified atom stereocenters. The highest BCUT2D eigenvalue weighted by molar-refractivity contribution is 5.74. The Labute approximate surface area is 152 Å². The monoisotopic (exact) mass is 356 g/mol. The van der Waals surface area contributed by atoms with Crippen molar-refractivity contribution in [3.8, 4) is 5.75 Å². The van der Waals surface area contributed by atoms with Crippen LogP contribution in [0.5, 0.6) is 5.75 Å². The number of aromatic nitrogens is 2. The summed E-state index contributed by atoms with van der Waals surface area (Å²) < 4.78 is 11.2. The van der Waals surface area contributed by atoms with Gasteiger partial charge in [0.1, 0.15) is 23.8 Å². The minimum atomic E-state index is 0.0166. The highest BCUT2D eigenvalue weighted by atomic mass is 16.5. The average Bonchev–Trinajstić information content (AvgIpc) is 3.10. The number of hydrogen-bond acceptors (Lipinski definition) is 5. The van der Waals surface area contributed by atoms with Gasteiger partial charge in [-0.05, 0) is 25.0 Å². The zero-order valence-corrected chi connectivity index (χ0v) is 14.8. The van der Waals surface area contributed by atoms with Crippen molar-refractivity contribution in [1.82, 2.24) is 20.4 Å². The fourth-order valence-electron chi connectivity index (χ4n) is 3.65. The number of carbonyl (C=O) groups excluding carboxylic acids is 1. The number of amides is 2. The normalized spacial score (nSPS) is 17.6. The van der Waals surface area contributed by atoms with Crippen LogP contribution in [0.4, 0.5) is 4.79 Å². The zero-order valence-electron chi connectivity index (χ0n) is 14.8. The second-order valence-electron chi connectivity index (χ2n) is 6.96. The summed E-state index contributed by atoms with van der Waals surface area (Å²) in [7, 11) is 0. The zero-order chi connectivity index (χ0) is 17.8. The van der Waals surface area contributed by atoms with Gasteiger partial charge in [-0.25, -0.2) is 4.79 Å². The Kier molecular flexibility index (Phi) is 5.04. The highest BCUT2D eigenvalue weighted by Crippen LogP contribution is 2.24. The smallest absolute Gasteiger partial charge is 0.317 e. The first-order chi connectivity index (χ1) is 12.8. The van der Waals surface area contributed by atoms with Crippen LogP contribution in [-0.4, -0.2) is 33.7 Å². The molecule has 3 heterocycles. The molecule has 0 radical (unpaired) electrons. The number of ether oxygens (including phenoxy) is 1. The Hall–Kier alpha value is -2.57. The molecule has 2 amide bonds. The number of rotatable bonds is 4. The van der Waals surface area contributed by atoms with E-state index in [2.05, 4.69) is 15.5 Å². The van der Waals surface area contributed by atoms with E-state index in [0.29, 0.717) is 37.9 Å². The number of fused-ring (bicyclic) bond motifs is 1. The molecule has 1 aliphatic heterocycles. The molecule has 0 bridgehead atoms. The third-order valence-electron chi connectivity index (χ3n) is 5.14. The fourth-order valence-corrected chi connectivity index (χ4v) is 3.65. The van der Waals surface area contributed by atoms with Crippen LogP contribution in [-0.2, 0) is 19.6 Å². The summed E-state index contributed by atoms with van der Waals surface area (Å²) in [6, 6.07) is 4.00. The van der Waals surface area contributed by atoms with E-state index in [1.54, 1.807) is 12.4 Å². The lowest BCUT2D eigenvalue weighted by atomic mass is 9.95. The van der Waals surface area contributed by atoms with Crippen molar-refractivity contribution in [2.75, 3.05) is 6.54 Å². The summed E-state index contributed by atoms with van der Waals surface area (Å²) in [6.07, 6.45) is 9.91. The summed E-state index contributed by atoms with van der Waals surface area (Å²) in [6.45, 7) is 1.48. The summed E-state index contributed by atoms with van der Waals surface area (Å²) in [5.74, 6) is 1.54. The van der Waals surface area contributed by atoms with E-state index in [-0.39, 0.29) is 6.03 Å². The largest absolute Gasteiger partial charge is 0.486 e. The number of urea groups is 1. The van der Waals surface area contributed by atoms with Gasteiger partial charge in [0.05, 0.1) is 12.7 Å². The molecule has 7 heteroatoms. The van der Waals surface area contributed by atoms with Crippen molar-refractivity contribution in [3.63, 3.8) is 0 Å². The average molecular weight is 356 g/mol. The van der Waals surface area contributed by atoms with E-state index < -0.39 is 0 Å². The molecule has 1 N–H and O–H groups in total. The first-order valence-electron chi connectivity index (χ1n) is 9.34. The number of hydrogen-bond donors (Lipinski definition) is 1. The van der Waals surface area contributed by atoms with Crippen LogP contribution >= 0.6 is 0 Å². The summed E-state index contributed by atoms with van der Waals surface area (Å²) in [5.41, 5.74) is 1.72. The molecule has 2 aromatic heterocycles. The van der Waals surface area contributed by atoms with Crippen LogP contribution in [0.15, 0.2) is 29.0 Å². The third-order valence-corrected chi connectivity index (χ3v) is 5.14. The van der Waals surface area contributed by atoms with Gasteiger partial charge in [0.2, 0.25) is 0 Å². The standard InChI is InChI=1S/C19H24N4O3/c24-19(21-14-5-2-1-3-6-14)23-10-8-18-16(12-23)17(22-26-18)13-25-15-7-4-9-20-11-15/h4,7,9,11,14H,1-3,5-6,8,10,12-13H2,(H,21,24).